The van der Waals surface area contributed by atoms with Crippen LogP contribution >= 0.6 is 11.6 Å². The molecule has 2 aromatic rings. The normalized spacial score (nSPS) is 19.8. The lowest BCUT2D eigenvalue weighted by atomic mass is 9.87. The number of amides is 2. The van der Waals surface area contributed by atoms with Crippen LogP contribution in [-0.2, 0) is 4.79 Å². The van der Waals surface area contributed by atoms with Crippen molar-refractivity contribution in [3.63, 3.8) is 0 Å². The number of halogens is 1. The van der Waals surface area contributed by atoms with Crippen LogP contribution in [0.3, 0.4) is 0 Å². The average molecular weight is 446 g/mol. The van der Waals surface area contributed by atoms with Crippen molar-refractivity contribution in [1.82, 2.24) is 10.1 Å². The Kier molecular flexibility index (Phi) is 6.80. The highest BCUT2D eigenvalue weighted by Gasteiger charge is 2.31. The maximum absolute atomic E-state index is 12.9. The summed E-state index contributed by atoms with van der Waals surface area (Å²) in [5.41, 5.74) is 1.26. The fourth-order valence-corrected chi connectivity index (χ4v) is 4.81. The van der Waals surface area contributed by atoms with Gasteiger partial charge in [-0.25, -0.2) is 0 Å². The van der Waals surface area contributed by atoms with Crippen molar-refractivity contribution in [3.05, 3.63) is 40.7 Å². The van der Waals surface area contributed by atoms with Crippen LogP contribution in [0.25, 0.3) is 0 Å². The number of likely N-dealkylation sites (tertiary alicyclic amines) is 1. The standard InChI is InChI=1S/C23H28ClN3O4/c1-30-20-10-9-17(12-18(20)24)25-22(28)21-13-19(26-31-21)16-8-5-11-27(14-16)23(29)15-6-3-2-4-7-15/h9-10,12-13,15-16H,2-8,11,14H2,1H3,(H,25,28). The maximum Gasteiger partial charge on any atom is 0.294 e. The topological polar surface area (TPSA) is 84.7 Å². The first-order valence-electron chi connectivity index (χ1n) is 11.0. The smallest absolute Gasteiger partial charge is 0.294 e. The van der Waals surface area contributed by atoms with E-state index in [1.807, 2.05) is 4.90 Å². The van der Waals surface area contributed by atoms with Crippen LogP contribution in [0.2, 0.25) is 5.02 Å². The third kappa shape index (κ3) is 5.03. The molecule has 1 atom stereocenters. The van der Waals surface area contributed by atoms with Crippen molar-refractivity contribution in [1.29, 1.82) is 0 Å². The Labute approximate surface area is 187 Å². The van der Waals surface area contributed by atoms with Gasteiger partial charge in [0, 0.05) is 36.7 Å². The number of rotatable bonds is 5. The Balaban J connectivity index is 1.38. The molecular weight excluding hydrogens is 418 g/mol. The van der Waals surface area contributed by atoms with Crippen LogP contribution < -0.4 is 10.1 Å². The summed E-state index contributed by atoms with van der Waals surface area (Å²) < 4.78 is 10.4. The number of ether oxygens (including phenoxy) is 1. The molecule has 1 saturated carbocycles. The van der Waals surface area contributed by atoms with Gasteiger partial charge in [-0.3, -0.25) is 9.59 Å². The summed E-state index contributed by atoms with van der Waals surface area (Å²) in [6, 6.07) is 6.69. The van der Waals surface area contributed by atoms with Crippen molar-refractivity contribution in [2.45, 2.75) is 50.9 Å². The van der Waals surface area contributed by atoms with Crippen LogP contribution in [0.5, 0.6) is 5.75 Å². The highest BCUT2D eigenvalue weighted by atomic mass is 35.5. The minimum Gasteiger partial charge on any atom is -0.495 e. The molecule has 1 aromatic carbocycles. The van der Waals surface area contributed by atoms with E-state index in [-0.39, 0.29) is 23.5 Å². The first-order valence-corrected chi connectivity index (χ1v) is 11.3. The average Bonchev–Trinajstić information content (AvgIpc) is 3.30. The van der Waals surface area contributed by atoms with Gasteiger partial charge in [0.1, 0.15) is 5.75 Å². The molecule has 2 fully saturated rings. The second-order valence-electron chi connectivity index (χ2n) is 8.38. The molecule has 31 heavy (non-hydrogen) atoms. The molecule has 0 bridgehead atoms. The maximum atomic E-state index is 12.9. The summed E-state index contributed by atoms with van der Waals surface area (Å²) in [6.45, 7) is 1.44. The molecule has 1 saturated heterocycles. The number of nitrogens with one attached hydrogen (secondary N) is 1. The molecule has 2 heterocycles. The molecule has 2 aliphatic rings. The lowest BCUT2D eigenvalue weighted by molar-refractivity contribution is -0.137. The van der Waals surface area contributed by atoms with E-state index >= 15 is 0 Å². The number of carbonyl (C=O) groups is 2. The predicted molar refractivity (Wildman–Crippen MR) is 118 cm³/mol. The number of anilines is 1. The Morgan fingerprint density at radius 2 is 1.97 bits per heavy atom. The third-order valence-corrected chi connectivity index (χ3v) is 6.56. The summed E-state index contributed by atoms with van der Waals surface area (Å²) >= 11 is 6.12. The Bertz CT molecular complexity index is 939. The van der Waals surface area contributed by atoms with Crippen molar-refractivity contribution in [3.8, 4) is 5.75 Å². The molecule has 1 aromatic heterocycles. The van der Waals surface area contributed by atoms with Crippen LogP contribution in [0.1, 0.15) is 67.1 Å². The quantitative estimate of drug-likeness (QED) is 0.709. The zero-order valence-electron chi connectivity index (χ0n) is 17.7. The molecular formula is C23H28ClN3O4. The molecule has 1 N–H and O–H groups in total. The van der Waals surface area contributed by atoms with Gasteiger partial charge < -0.3 is 19.5 Å². The second-order valence-corrected chi connectivity index (χ2v) is 8.79. The number of hydrogen-bond acceptors (Lipinski definition) is 5. The fourth-order valence-electron chi connectivity index (χ4n) is 4.55. The van der Waals surface area contributed by atoms with Gasteiger partial charge in [-0.1, -0.05) is 36.0 Å². The molecule has 166 valence electrons. The van der Waals surface area contributed by atoms with E-state index in [4.69, 9.17) is 20.9 Å². The van der Waals surface area contributed by atoms with Gasteiger partial charge >= 0.3 is 0 Å². The van der Waals surface area contributed by atoms with E-state index in [1.165, 1.54) is 13.5 Å². The van der Waals surface area contributed by atoms with E-state index in [0.717, 1.165) is 50.8 Å². The number of piperidine rings is 1. The van der Waals surface area contributed by atoms with Crippen LogP contribution in [0.4, 0.5) is 5.69 Å². The Hall–Kier alpha value is -2.54. The molecule has 0 spiro atoms. The van der Waals surface area contributed by atoms with E-state index in [0.29, 0.717) is 23.0 Å². The lowest BCUT2D eigenvalue weighted by Gasteiger charge is -2.35. The molecule has 8 heteroatoms. The van der Waals surface area contributed by atoms with Gasteiger partial charge in [0.15, 0.2) is 0 Å². The van der Waals surface area contributed by atoms with Gasteiger partial charge in [-0.2, -0.15) is 0 Å². The summed E-state index contributed by atoms with van der Waals surface area (Å²) in [5, 5.41) is 7.30. The van der Waals surface area contributed by atoms with Gasteiger partial charge in [0.05, 0.1) is 17.8 Å². The summed E-state index contributed by atoms with van der Waals surface area (Å²) in [7, 11) is 1.53. The summed E-state index contributed by atoms with van der Waals surface area (Å²) in [5.74, 6) is 0.807. The van der Waals surface area contributed by atoms with E-state index in [9.17, 15) is 9.59 Å². The van der Waals surface area contributed by atoms with E-state index in [2.05, 4.69) is 10.5 Å². The Morgan fingerprint density at radius 3 is 2.71 bits per heavy atom. The number of hydrogen-bond donors (Lipinski definition) is 1. The highest BCUT2D eigenvalue weighted by Crippen LogP contribution is 2.31. The number of aromatic nitrogens is 1. The molecule has 0 radical (unpaired) electrons. The minimum absolute atomic E-state index is 0.0852. The van der Waals surface area contributed by atoms with Gasteiger partial charge in [0.2, 0.25) is 11.7 Å². The van der Waals surface area contributed by atoms with Crippen LogP contribution in [-0.4, -0.2) is 42.1 Å². The molecule has 1 aliphatic heterocycles. The lowest BCUT2D eigenvalue weighted by Crippen LogP contribution is -2.42. The monoisotopic (exact) mass is 445 g/mol. The first-order chi connectivity index (χ1) is 15.0. The third-order valence-electron chi connectivity index (χ3n) is 6.27. The van der Waals surface area contributed by atoms with Crippen molar-refractivity contribution < 1.29 is 18.8 Å². The number of carbonyl (C=O) groups excluding carboxylic acids is 2. The van der Waals surface area contributed by atoms with Crippen molar-refractivity contribution >= 4 is 29.1 Å². The zero-order valence-corrected chi connectivity index (χ0v) is 18.5. The number of methoxy groups -OCH3 is 1. The largest absolute Gasteiger partial charge is 0.495 e. The first kappa shape index (κ1) is 21.7. The van der Waals surface area contributed by atoms with Crippen LogP contribution in [0.15, 0.2) is 28.8 Å². The predicted octanol–water partition coefficient (Wildman–Crippen LogP) is 4.88. The minimum atomic E-state index is -0.397. The summed E-state index contributed by atoms with van der Waals surface area (Å²) in [4.78, 5) is 27.5. The fraction of sp³-hybridized carbons (Fsp3) is 0.522. The summed E-state index contributed by atoms with van der Waals surface area (Å²) in [6.07, 6.45) is 7.40. The molecule has 7 nitrogen and oxygen atoms in total. The molecule has 2 amide bonds. The van der Waals surface area contributed by atoms with Gasteiger partial charge in [0.25, 0.3) is 5.91 Å². The van der Waals surface area contributed by atoms with Gasteiger partial charge in [-0.15, -0.1) is 0 Å². The van der Waals surface area contributed by atoms with Crippen molar-refractivity contribution in [2.75, 3.05) is 25.5 Å². The SMILES string of the molecule is COc1ccc(NC(=O)c2cc(C3CCCN(C(=O)C4CCCCC4)C3)no2)cc1Cl. The number of benzene rings is 1. The van der Waals surface area contributed by atoms with E-state index < -0.39 is 5.91 Å². The Morgan fingerprint density at radius 1 is 1.16 bits per heavy atom. The highest BCUT2D eigenvalue weighted by molar-refractivity contribution is 6.32. The van der Waals surface area contributed by atoms with Crippen LogP contribution in [0, 0.1) is 5.92 Å². The zero-order chi connectivity index (χ0) is 21.8. The molecule has 1 unspecified atom stereocenters. The van der Waals surface area contributed by atoms with Gasteiger partial charge in [-0.05, 0) is 43.9 Å². The van der Waals surface area contributed by atoms with Crippen molar-refractivity contribution in [2.24, 2.45) is 5.92 Å². The van der Waals surface area contributed by atoms with E-state index in [1.54, 1.807) is 24.3 Å². The molecule has 1 aliphatic carbocycles. The molecule has 4 rings (SSSR count). The second kappa shape index (κ2) is 9.73. The number of nitrogens with zero attached hydrogens (tertiary/aromatic N) is 2.